The van der Waals surface area contributed by atoms with Crippen LogP contribution < -0.4 is 71.1 Å². The van der Waals surface area contributed by atoms with Crippen LogP contribution >= 0.6 is 27.0 Å². The molecule has 14 rings (SSSR count). The van der Waals surface area contributed by atoms with Crippen LogP contribution in [-0.2, 0) is 126 Å². The third-order valence-electron chi connectivity index (χ3n) is 20.4. The predicted molar refractivity (Wildman–Crippen MR) is 374 cm³/mol. The molecule has 6 bridgehead atoms. The molecule has 108 heavy (non-hydrogen) atoms. The zero-order chi connectivity index (χ0) is 77.8. The van der Waals surface area contributed by atoms with Crippen molar-refractivity contribution < 1.29 is 98.4 Å². The van der Waals surface area contributed by atoms with Gasteiger partial charge >= 0.3 is 22.8 Å². The number of aliphatic hydroxyl groups excluding tert-OH is 1. The van der Waals surface area contributed by atoms with E-state index in [0.717, 1.165) is 30.8 Å². The van der Waals surface area contributed by atoms with Gasteiger partial charge in [-0.15, -0.1) is 0 Å². The molecule has 8 fully saturated rings. The maximum Gasteiger partial charge on any atom is 0.351 e. The van der Waals surface area contributed by atoms with Gasteiger partial charge in [-0.2, -0.15) is 9.97 Å². The van der Waals surface area contributed by atoms with Gasteiger partial charge in [0.1, 0.15) is 98.0 Å². The monoisotopic (exact) mass is 1670 g/mol. The molecule has 8 saturated heterocycles. The second-order valence-corrected chi connectivity index (χ2v) is 38.0. The number of imidazole rings is 1. The molecule has 6 aromatic rings. The fourth-order valence-corrected chi connectivity index (χ4v) is 20.4. The van der Waals surface area contributed by atoms with E-state index in [-0.39, 0.29) is 52.5 Å². The van der Waals surface area contributed by atoms with Crippen LogP contribution in [0, 0.1) is 27.7 Å². The molecule has 43 nitrogen and oxygen atoms in total. The van der Waals surface area contributed by atoms with Crippen molar-refractivity contribution in [3.05, 3.63) is 137 Å². The van der Waals surface area contributed by atoms with E-state index in [0.29, 0.717) is 5.56 Å². The van der Waals surface area contributed by atoms with Gasteiger partial charge < -0.3 is 118 Å². The standard InChI is InChI=1S/C57H74N14O29P4S4/c1-9-28-29(10-32(92-28)67-13-22(3)43(73)64-52(67)78)97-101(81,105)85-16-31-30(11-33(93-31)68-14-23(4)44(74)65-53(68)79)98-102(82,106)87-18-57-27(8)91-37(49(96-57)71-20-60-34-42(71)62-50(59)63-46(34)76)40(57)100-104(84,108)88-19-56-26(7)90-36(48(95-56)70-15-24(5)45(75)66-54(70)80)39(56)99-103(83,107)86-17-55-25(6)89-35(38(55)72)47(94-55)69-12-21(2)41(58)61-51(69)77/h12-15,20,25-33,35-40,47-49,72H,9-11,16-19H2,1-8H3,(H,81,105)(H,82,106)(H,83,107)(H,84,108)(H2,58,61,77)(H,64,73,78)(H,65,74,79)(H,66,75,80)(H3,59,62,63,76)/p-4/t25-,26-,27-,28+,29?,30?,31+,32+,33+,35-,36-,37-,38?,39?,40?,47+,48+,49+,55-,56-,57-,101?,102?,103?,104?/m0/s1. The number of aliphatic hydroxyl groups is 1. The molecule has 0 aromatic carbocycles. The van der Waals surface area contributed by atoms with Crippen molar-refractivity contribution >= 4 is 97.6 Å². The van der Waals surface area contributed by atoms with Crippen LogP contribution in [0.4, 0.5) is 11.8 Å². The van der Waals surface area contributed by atoms with Gasteiger partial charge in [0.15, 0.2) is 36.6 Å². The van der Waals surface area contributed by atoms with Crippen LogP contribution in [0.15, 0.2) is 69.5 Å². The largest absolute Gasteiger partial charge is 0.780 e. The summed E-state index contributed by atoms with van der Waals surface area (Å²) in [6.07, 6.45) is -18.2. The SMILES string of the molecule is CC[C@H]1O[C@@H](n2cc(C)c(=O)[nH]c2=O)CC1OP(=O)([S-])OC[C@H]1O[C@@H](n2cc(C)c(=O)[nH]c2=O)CC1OP([O-])(=S)OC[C@]12O[C@@H](n3cnc4c(=O)[nH]c(N)nc43)[C@@H](O[C@H]1C)C2OP([O-])(=S)OC[C@]12O[C@@H](n3cc(C)c(=O)[nH]c3=O)[C@@H](O[C@H]1C)C2OP([O-])(=S)OC[C@]12O[C@@H](n3cc(C)c(N)nc3=O)[C@@H](O[C@H]1C)C2O. The molecule has 0 aliphatic carbocycles. The molecule has 6 aromatic heterocycles. The van der Waals surface area contributed by atoms with E-state index in [1.807, 2.05) is 0 Å². The molecule has 9 N–H and O–H groups in total. The highest BCUT2D eigenvalue weighted by Crippen LogP contribution is 2.62. The minimum Gasteiger partial charge on any atom is -0.780 e. The van der Waals surface area contributed by atoms with Gasteiger partial charge in [-0.3, -0.25) is 66.5 Å². The molecule has 0 saturated carbocycles. The Labute approximate surface area is 627 Å². The number of anilines is 2. The molecule has 9 unspecified atom stereocenters. The number of nitrogens with zero attached hydrogens (tertiary/aromatic N) is 8. The lowest BCUT2D eigenvalue weighted by Gasteiger charge is -2.42. The Morgan fingerprint density at radius 3 is 1.55 bits per heavy atom. The van der Waals surface area contributed by atoms with Crippen molar-refractivity contribution in [3.63, 3.8) is 0 Å². The Kier molecular flexibility index (Phi) is 21.2. The highest BCUT2D eigenvalue weighted by atomic mass is 32.7. The van der Waals surface area contributed by atoms with Gasteiger partial charge in [0.25, 0.3) is 22.2 Å². The van der Waals surface area contributed by atoms with Gasteiger partial charge in [-0.05, 0) is 54.9 Å². The quantitative estimate of drug-likeness (QED) is 0.0210. The highest BCUT2D eigenvalue weighted by molar-refractivity contribution is 8.32. The lowest BCUT2D eigenvalue weighted by Crippen LogP contribution is -2.52. The number of ether oxygens (including phenoxy) is 8. The summed E-state index contributed by atoms with van der Waals surface area (Å²) in [5.41, 5.74) is -0.428. The average molecular weight is 1670 g/mol. The number of nitrogens with one attached hydrogen (secondary N) is 4. The van der Waals surface area contributed by atoms with E-state index < -0.39 is 232 Å². The summed E-state index contributed by atoms with van der Waals surface area (Å²) in [7, 11) is 0. The Hall–Kier alpha value is -5.40. The maximum absolute atomic E-state index is 15.3. The minimum atomic E-state index is -5.17. The lowest BCUT2D eigenvalue weighted by molar-refractivity contribution is -0.246. The van der Waals surface area contributed by atoms with Crippen molar-refractivity contribution in [2.75, 3.05) is 37.9 Å². The number of fused-ring (bicyclic) bond motifs is 7. The Bertz CT molecular complexity index is 5310. The molecule has 25 atom stereocenters. The number of aromatic amines is 4. The lowest BCUT2D eigenvalue weighted by atomic mass is 9.94. The zero-order valence-corrected chi connectivity index (χ0v) is 64.6. The van der Waals surface area contributed by atoms with Crippen molar-refractivity contribution in [2.24, 2.45) is 0 Å². The Morgan fingerprint density at radius 2 is 1.01 bits per heavy atom. The van der Waals surface area contributed by atoms with Gasteiger partial charge in [0.2, 0.25) is 5.95 Å². The topological polar surface area (TPSA) is 569 Å². The normalized spacial score (nSPS) is 35.6. The number of hydrogen-bond acceptors (Lipinski definition) is 38. The van der Waals surface area contributed by atoms with Crippen LogP contribution in [0.25, 0.3) is 11.2 Å². The predicted octanol–water partition coefficient (Wildman–Crippen LogP) is -3.05. The number of hydrogen-bond donors (Lipinski definition) is 7. The fourth-order valence-electron chi connectivity index (χ4n) is 14.7. The number of aryl methyl sites for hydroxylation is 4. The van der Waals surface area contributed by atoms with Crippen LogP contribution in [0.1, 0.15) is 100 Å². The molecule has 8 aliphatic rings. The fraction of sp³-hybridized carbons (Fsp3) is 0.632. The van der Waals surface area contributed by atoms with Gasteiger partial charge in [-0.1, -0.05) is 42.3 Å². The van der Waals surface area contributed by atoms with Crippen LogP contribution in [0.5, 0.6) is 0 Å². The average Bonchev–Trinajstić information content (AvgIpc) is 1.56. The summed E-state index contributed by atoms with van der Waals surface area (Å²) in [6.45, 7) is -11.2. The number of aromatic nitrogens is 12. The number of rotatable bonds is 26. The smallest absolute Gasteiger partial charge is 0.351 e. The number of nitrogens with two attached hydrogens (primary N) is 2. The summed E-state index contributed by atoms with van der Waals surface area (Å²) >= 11 is 22.2. The number of H-pyrrole nitrogens is 4. The molecule has 0 radical (unpaired) electrons. The van der Waals surface area contributed by atoms with Crippen LogP contribution in [0.2, 0.25) is 0 Å². The molecule has 14 heterocycles. The number of nitrogen functional groups attached to an aromatic ring is 2. The summed E-state index contributed by atoms with van der Waals surface area (Å²) in [4.78, 5) is 170. The summed E-state index contributed by atoms with van der Waals surface area (Å²) < 4.78 is 119. The van der Waals surface area contributed by atoms with E-state index >= 15 is 4.89 Å². The van der Waals surface area contributed by atoms with Crippen LogP contribution in [-0.4, -0.2) is 185 Å². The molecule has 0 amide bonds. The molecule has 8 aliphatic heterocycles. The van der Waals surface area contributed by atoms with Gasteiger partial charge in [0, 0.05) is 59.9 Å². The zero-order valence-electron chi connectivity index (χ0n) is 57.8. The minimum absolute atomic E-state index is 0.0236. The van der Waals surface area contributed by atoms with Crippen molar-refractivity contribution in [1.82, 2.24) is 57.7 Å². The van der Waals surface area contributed by atoms with E-state index in [1.165, 1.54) is 64.7 Å². The van der Waals surface area contributed by atoms with Crippen LogP contribution in [0.3, 0.4) is 0 Å². The second-order valence-electron chi connectivity index (χ2n) is 27.2. The van der Waals surface area contributed by atoms with E-state index in [9.17, 15) is 57.8 Å². The van der Waals surface area contributed by atoms with Crippen molar-refractivity contribution in [3.8, 4) is 0 Å². The van der Waals surface area contributed by atoms with Gasteiger partial charge in [-0.25, -0.2) is 24.2 Å². The third kappa shape index (κ3) is 14.4. The summed E-state index contributed by atoms with van der Waals surface area (Å²) in [5.74, 6) is -0.403. The summed E-state index contributed by atoms with van der Waals surface area (Å²) in [5, 5.41) is 11.7. The van der Waals surface area contributed by atoms with Gasteiger partial charge in [0.05, 0.1) is 69.4 Å². The van der Waals surface area contributed by atoms with Crippen molar-refractivity contribution in [1.29, 1.82) is 0 Å². The Morgan fingerprint density at radius 1 is 0.574 bits per heavy atom. The first-order chi connectivity index (χ1) is 50.7. The maximum atomic E-state index is 15.3. The summed E-state index contributed by atoms with van der Waals surface area (Å²) in [6, 6.07) is 0. The first-order valence-corrected chi connectivity index (χ1v) is 43.5. The second kappa shape index (κ2) is 28.9. The molecule has 51 heteroatoms. The van der Waals surface area contributed by atoms with E-state index in [2.05, 4.69) is 34.9 Å². The first kappa shape index (κ1) is 79.3. The van der Waals surface area contributed by atoms with E-state index in [1.54, 1.807) is 13.8 Å². The molecular weight excluding hydrogens is 1600 g/mol. The van der Waals surface area contributed by atoms with E-state index in [4.69, 9.17) is 133 Å². The molecule has 0 spiro atoms. The molecular formula is C57H70N14O29P4S4-4. The highest BCUT2D eigenvalue weighted by Gasteiger charge is 2.71. The van der Waals surface area contributed by atoms with Crippen molar-refractivity contribution in [2.45, 2.75) is 202 Å². The Balaban J connectivity index is 0.727. The first-order valence-electron chi connectivity index (χ1n) is 33.2. The third-order valence-corrected chi connectivity index (χ3v) is 26.5. The molecule has 590 valence electrons.